The lowest BCUT2D eigenvalue weighted by Crippen LogP contribution is -2.44. The predicted molar refractivity (Wildman–Crippen MR) is 96.9 cm³/mol. The van der Waals surface area contributed by atoms with Crippen LogP contribution in [0.5, 0.6) is 0 Å². The summed E-state index contributed by atoms with van der Waals surface area (Å²) in [5.41, 5.74) is 10.4. The maximum absolute atomic E-state index is 11.3. The molecule has 1 fully saturated rings. The summed E-state index contributed by atoms with van der Waals surface area (Å²) < 4.78 is 0. The molecule has 1 atom stereocenters. The van der Waals surface area contributed by atoms with Gasteiger partial charge in [0.05, 0.1) is 5.56 Å². The maximum atomic E-state index is 11.3. The number of aromatic carboxylic acids is 1. The van der Waals surface area contributed by atoms with Crippen molar-refractivity contribution in [2.45, 2.75) is 32.2 Å². The number of nitrogens with zero attached hydrogens (tertiary/aromatic N) is 2. The Bertz CT molecular complexity index is 825. The molecule has 2 aromatic rings. The van der Waals surface area contributed by atoms with Crippen molar-refractivity contribution in [1.82, 2.24) is 4.98 Å². The van der Waals surface area contributed by atoms with Gasteiger partial charge in [-0.2, -0.15) is 0 Å². The Balaban J connectivity index is 1.54. The van der Waals surface area contributed by atoms with Crippen molar-refractivity contribution < 1.29 is 9.90 Å². The Kier molecular flexibility index (Phi) is 3.76. The lowest BCUT2D eigenvalue weighted by molar-refractivity contribution is 0.0696. The van der Waals surface area contributed by atoms with Crippen LogP contribution >= 0.6 is 0 Å². The molecule has 25 heavy (non-hydrogen) atoms. The highest BCUT2D eigenvalue weighted by Crippen LogP contribution is 2.50. The highest BCUT2D eigenvalue weighted by atomic mass is 16.4. The van der Waals surface area contributed by atoms with Gasteiger partial charge in [0.1, 0.15) is 5.82 Å². The molecule has 0 unspecified atom stereocenters. The lowest BCUT2D eigenvalue weighted by atomic mass is 9.73. The van der Waals surface area contributed by atoms with Gasteiger partial charge in [0.25, 0.3) is 0 Å². The Morgan fingerprint density at radius 3 is 2.68 bits per heavy atom. The number of aromatic nitrogens is 1. The van der Waals surface area contributed by atoms with Crippen LogP contribution in [0.25, 0.3) is 0 Å². The number of hydrogen-bond acceptors (Lipinski definition) is 4. The molecule has 1 saturated heterocycles. The number of piperidine rings is 1. The summed E-state index contributed by atoms with van der Waals surface area (Å²) in [6, 6.07) is 11.9. The molecular weight excluding hydrogens is 314 g/mol. The summed E-state index contributed by atoms with van der Waals surface area (Å²) in [6.45, 7) is 3.55. The second kappa shape index (κ2) is 5.85. The van der Waals surface area contributed by atoms with E-state index in [2.05, 4.69) is 34.1 Å². The van der Waals surface area contributed by atoms with Gasteiger partial charge in [0, 0.05) is 24.8 Å². The van der Waals surface area contributed by atoms with E-state index in [-0.39, 0.29) is 11.5 Å². The number of carboxylic acids is 1. The van der Waals surface area contributed by atoms with E-state index in [1.54, 1.807) is 12.1 Å². The van der Waals surface area contributed by atoms with Gasteiger partial charge in [-0.25, -0.2) is 9.78 Å². The van der Waals surface area contributed by atoms with Gasteiger partial charge >= 0.3 is 5.97 Å². The molecule has 1 aliphatic heterocycles. The first-order chi connectivity index (χ1) is 12.0. The number of benzene rings is 1. The highest BCUT2D eigenvalue weighted by molar-refractivity contribution is 5.88. The van der Waals surface area contributed by atoms with Crippen LogP contribution in [0, 0.1) is 12.3 Å². The van der Waals surface area contributed by atoms with Gasteiger partial charge in [-0.05, 0) is 54.9 Å². The van der Waals surface area contributed by atoms with Crippen LogP contribution < -0.4 is 10.6 Å². The maximum Gasteiger partial charge on any atom is 0.335 e. The molecule has 2 heterocycles. The number of nitrogens with two attached hydrogens (primary N) is 1. The zero-order valence-corrected chi connectivity index (χ0v) is 14.4. The molecule has 5 nitrogen and oxygen atoms in total. The van der Waals surface area contributed by atoms with Crippen molar-refractivity contribution in [3.05, 3.63) is 58.8 Å². The third-order valence-corrected chi connectivity index (χ3v) is 5.86. The van der Waals surface area contributed by atoms with Gasteiger partial charge in [-0.15, -0.1) is 0 Å². The molecule has 0 bridgehead atoms. The van der Waals surface area contributed by atoms with Crippen LogP contribution in [0.3, 0.4) is 0 Å². The summed E-state index contributed by atoms with van der Waals surface area (Å²) in [5.74, 6) is -0.148. The number of carbonyl (C=O) groups is 1. The molecule has 5 heteroatoms. The van der Waals surface area contributed by atoms with Crippen LogP contribution in [-0.4, -0.2) is 29.1 Å². The Morgan fingerprint density at radius 1 is 1.28 bits per heavy atom. The van der Waals surface area contributed by atoms with Crippen LogP contribution in [0.2, 0.25) is 0 Å². The van der Waals surface area contributed by atoms with E-state index in [1.807, 2.05) is 6.92 Å². The largest absolute Gasteiger partial charge is 0.478 e. The van der Waals surface area contributed by atoms with E-state index in [9.17, 15) is 9.90 Å². The third kappa shape index (κ3) is 2.68. The Morgan fingerprint density at radius 2 is 2.00 bits per heavy atom. The number of hydrogen-bond donors (Lipinski definition) is 2. The summed E-state index contributed by atoms with van der Waals surface area (Å²) in [7, 11) is 0. The number of pyridine rings is 1. The van der Waals surface area contributed by atoms with E-state index in [0.29, 0.717) is 5.56 Å². The Labute approximate surface area is 147 Å². The highest BCUT2D eigenvalue weighted by Gasteiger charge is 2.45. The van der Waals surface area contributed by atoms with Crippen LogP contribution in [0.4, 0.5) is 5.82 Å². The predicted octanol–water partition coefficient (Wildman–Crippen LogP) is 2.93. The molecule has 1 aromatic carbocycles. The van der Waals surface area contributed by atoms with Crippen LogP contribution in [0.15, 0.2) is 36.4 Å². The van der Waals surface area contributed by atoms with Gasteiger partial charge < -0.3 is 15.7 Å². The van der Waals surface area contributed by atoms with E-state index >= 15 is 0 Å². The summed E-state index contributed by atoms with van der Waals surface area (Å²) in [5, 5.41) is 9.27. The lowest BCUT2D eigenvalue weighted by Gasteiger charge is -2.42. The number of aryl methyl sites for hydroxylation is 1. The minimum absolute atomic E-state index is 0.0888. The fourth-order valence-electron chi connectivity index (χ4n) is 4.42. The standard InChI is InChI=1S/C20H23N3O2/c1-13-10-15(19(24)25)11-17(22-13)23-8-6-20(7-9-23)12-14-4-2-3-5-16(14)18(20)21/h2-5,10-11,18H,6-9,12,21H2,1H3,(H,24,25)/t18-/m1/s1. The number of anilines is 1. The average molecular weight is 337 g/mol. The van der Waals surface area contributed by atoms with Gasteiger partial charge in [-0.1, -0.05) is 24.3 Å². The molecule has 4 rings (SSSR count). The zero-order chi connectivity index (χ0) is 17.6. The van der Waals surface area contributed by atoms with E-state index in [1.165, 1.54) is 11.1 Å². The SMILES string of the molecule is Cc1cc(C(=O)O)cc(N2CCC3(CC2)Cc2ccccc2[C@H]3N)n1. The molecule has 0 radical (unpaired) electrons. The van der Waals surface area contributed by atoms with E-state index in [0.717, 1.165) is 43.9 Å². The molecule has 1 aromatic heterocycles. The van der Waals surface area contributed by atoms with Crippen LogP contribution in [-0.2, 0) is 6.42 Å². The number of fused-ring (bicyclic) bond motifs is 1. The third-order valence-electron chi connectivity index (χ3n) is 5.86. The van der Waals surface area contributed by atoms with Crippen molar-refractivity contribution in [3.63, 3.8) is 0 Å². The zero-order valence-electron chi connectivity index (χ0n) is 14.4. The molecule has 0 amide bonds. The quantitative estimate of drug-likeness (QED) is 0.881. The molecular formula is C20H23N3O2. The van der Waals surface area contributed by atoms with Crippen molar-refractivity contribution in [3.8, 4) is 0 Å². The molecule has 1 aliphatic carbocycles. The molecule has 3 N–H and O–H groups in total. The first-order valence-electron chi connectivity index (χ1n) is 8.79. The van der Waals surface area contributed by atoms with E-state index < -0.39 is 5.97 Å². The van der Waals surface area contributed by atoms with Gasteiger partial charge in [-0.3, -0.25) is 0 Å². The van der Waals surface area contributed by atoms with Crippen molar-refractivity contribution in [2.24, 2.45) is 11.1 Å². The number of rotatable bonds is 2. The topological polar surface area (TPSA) is 79.5 Å². The second-order valence-electron chi connectivity index (χ2n) is 7.36. The monoisotopic (exact) mass is 337 g/mol. The smallest absolute Gasteiger partial charge is 0.335 e. The summed E-state index contributed by atoms with van der Waals surface area (Å²) >= 11 is 0. The van der Waals surface area contributed by atoms with Gasteiger partial charge in [0.15, 0.2) is 0 Å². The Hall–Kier alpha value is -2.40. The average Bonchev–Trinajstić information content (AvgIpc) is 2.87. The first kappa shape index (κ1) is 16.1. The molecule has 130 valence electrons. The summed E-state index contributed by atoms with van der Waals surface area (Å²) in [4.78, 5) is 18.0. The molecule has 0 saturated carbocycles. The second-order valence-corrected chi connectivity index (χ2v) is 7.36. The number of carboxylic acid groups (broad SMARTS) is 1. The fourth-order valence-corrected chi connectivity index (χ4v) is 4.42. The fraction of sp³-hybridized carbons (Fsp3) is 0.400. The molecule has 1 spiro atoms. The molecule has 2 aliphatic rings. The minimum atomic E-state index is -0.909. The minimum Gasteiger partial charge on any atom is -0.478 e. The van der Waals surface area contributed by atoms with E-state index in [4.69, 9.17) is 5.73 Å². The van der Waals surface area contributed by atoms with Crippen LogP contribution in [0.1, 0.15) is 46.1 Å². The van der Waals surface area contributed by atoms with Crippen molar-refractivity contribution >= 4 is 11.8 Å². The normalized spacial score (nSPS) is 21.4. The van der Waals surface area contributed by atoms with Crippen molar-refractivity contribution in [2.75, 3.05) is 18.0 Å². The van der Waals surface area contributed by atoms with Crippen molar-refractivity contribution in [1.29, 1.82) is 0 Å². The van der Waals surface area contributed by atoms with Gasteiger partial charge in [0.2, 0.25) is 0 Å². The first-order valence-corrected chi connectivity index (χ1v) is 8.79. The summed E-state index contributed by atoms with van der Waals surface area (Å²) in [6.07, 6.45) is 3.04.